The molecule has 0 aliphatic heterocycles. The molecule has 1 aromatic carbocycles. The maximum atomic E-state index is 12.3. The minimum atomic E-state index is -0.573. The van der Waals surface area contributed by atoms with Crippen molar-refractivity contribution in [1.82, 2.24) is 4.90 Å². The lowest BCUT2D eigenvalue weighted by atomic mass is 10.2. The molecule has 1 N–H and O–H groups in total. The van der Waals surface area contributed by atoms with E-state index >= 15 is 0 Å². The number of halogens is 2. The normalized spacial score (nSPS) is 12.7. The first-order chi connectivity index (χ1) is 8.90. The number of benzene rings is 1. The van der Waals surface area contributed by atoms with Gasteiger partial charge in [0.05, 0.1) is 11.1 Å². The van der Waals surface area contributed by atoms with E-state index in [1.807, 2.05) is 6.07 Å². The molecule has 2 rings (SSSR count). The summed E-state index contributed by atoms with van der Waals surface area (Å²) >= 11 is 13.5. The molecular formula is C13H13Cl2NO2S. The number of fused-ring (bicyclic) bond motifs is 1. The highest BCUT2D eigenvalue weighted by Crippen LogP contribution is 2.37. The van der Waals surface area contributed by atoms with Crippen LogP contribution in [0.15, 0.2) is 18.2 Å². The third-order valence-electron chi connectivity index (χ3n) is 2.67. The Morgan fingerprint density at radius 1 is 1.47 bits per heavy atom. The Balaban J connectivity index is 2.40. The van der Waals surface area contributed by atoms with Gasteiger partial charge in [0, 0.05) is 28.7 Å². The SMILES string of the molecule is CC(O)CN(C)C(=O)c1sc2cc(Cl)ccc2c1Cl. The Kier molecular flexibility index (Phi) is 4.36. The Morgan fingerprint density at radius 2 is 2.16 bits per heavy atom. The first-order valence-corrected chi connectivity index (χ1v) is 7.28. The Hall–Kier alpha value is -0.810. The minimum Gasteiger partial charge on any atom is -0.392 e. The molecule has 0 saturated heterocycles. The van der Waals surface area contributed by atoms with E-state index in [2.05, 4.69) is 0 Å². The van der Waals surface area contributed by atoms with Gasteiger partial charge in [-0.15, -0.1) is 11.3 Å². The monoisotopic (exact) mass is 317 g/mol. The summed E-state index contributed by atoms with van der Waals surface area (Å²) in [5.41, 5.74) is 0. The minimum absolute atomic E-state index is 0.191. The van der Waals surface area contributed by atoms with Gasteiger partial charge in [-0.3, -0.25) is 4.79 Å². The molecule has 0 fully saturated rings. The number of hydrogen-bond acceptors (Lipinski definition) is 3. The van der Waals surface area contributed by atoms with Crippen LogP contribution in [0.2, 0.25) is 10.0 Å². The molecule has 1 heterocycles. The number of aliphatic hydroxyl groups is 1. The highest BCUT2D eigenvalue weighted by molar-refractivity contribution is 7.21. The smallest absolute Gasteiger partial charge is 0.265 e. The standard InChI is InChI=1S/C13H13Cl2NO2S/c1-7(17)6-16(2)13(18)12-11(15)9-4-3-8(14)5-10(9)19-12/h3-5,7,17H,6H2,1-2H3. The summed E-state index contributed by atoms with van der Waals surface area (Å²) in [6.07, 6.45) is -0.573. The zero-order chi connectivity index (χ0) is 14.2. The molecule has 0 saturated carbocycles. The van der Waals surface area contributed by atoms with Crippen molar-refractivity contribution in [1.29, 1.82) is 0 Å². The number of likely N-dealkylation sites (N-methyl/N-ethyl adjacent to an activating group) is 1. The van der Waals surface area contributed by atoms with Gasteiger partial charge < -0.3 is 10.0 Å². The van der Waals surface area contributed by atoms with E-state index in [-0.39, 0.29) is 12.5 Å². The molecule has 102 valence electrons. The second kappa shape index (κ2) is 5.67. The van der Waals surface area contributed by atoms with Crippen molar-refractivity contribution in [2.75, 3.05) is 13.6 Å². The number of rotatable bonds is 3. The molecule has 0 spiro atoms. The van der Waals surface area contributed by atoms with E-state index in [1.54, 1.807) is 26.1 Å². The number of carbonyl (C=O) groups is 1. The highest BCUT2D eigenvalue weighted by atomic mass is 35.5. The first kappa shape index (κ1) is 14.6. The molecule has 6 heteroatoms. The van der Waals surface area contributed by atoms with Crippen molar-refractivity contribution in [3.05, 3.63) is 33.1 Å². The number of thiophene rings is 1. The van der Waals surface area contributed by atoms with Gasteiger partial charge in [-0.05, 0) is 19.1 Å². The number of amides is 1. The van der Waals surface area contributed by atoms with Crippen LogP contribution in [0.1, 0.15) is 16.6 Å². The van der Waals surface area contributed by atoms with E-state index in [1.165, 1.54) is 16.2 Å². The van der Waals surface area contributed by atoms with Gasteiger partial charge in [-0.1, -0.05) is 29.3 Å². The molecule has 3 nitrogen and oxygen atoms in total. The van der Waals surface area contributed by atoms with Gasteiger partial charge in [-0.2, -0.15) is 0 Å². The van der Waals surface area contributed by atoms with Crippen molar-refractivity contribution in [2.45, 2.75) is 13.0 Å². The lowest BCUT2D eigenvalue weighted by molar-refractivity contribution is 0.0708. The summed E-state index contributed by atoms with van der Waals surface area (Å²) in [4.78, 5) is 14.2. The van der Waals surface area contributed by atoms with Gasteiger partial charge in [0.2, 0.25) is 0 Å². The maximum absolute atomic E-state index is 12.3. The summed E-state index contributed by atoms with van der Waals surface area (Å²) in [5.74, 6) is -0.191. The van der Waals surface area contributed by atoms with Crippen molar-refractivity contribution in [3.8, 4) is 0 Å². The number of hydrogen-bond donors (Lipinski definition) is 1. The molecule has 1 amide bonds. The zero-order valence-electron chi connectivity index (χ0n) is 10.5. The van der Waals surface area contributed by atoms with Gasteiger partial charge in [0.25, 0.3) is 5.91 Å². The molecule has 19 heavy (non-hydrogen) atoms. The van der Waals surface area contributed by atoms with Gasteiger partial charge in [-0.25, -0.2) is 0 Å². The van der Waals surface area contributed by atoms with Crippen LogP contribution in [0, 0.1) is 0 Å². The molecular weight excluding hydrogens is 305 g/mol. The van der Waals surface area contributed by atoms with Gasteiger partial charge in [0.1, 0.15) is 4.88 Å². The maximum Gasteiger partial charge on any atom is 0.265 e. The fraction of sp³-hybridized carbons (Fsp3) is 0.308. The van der Waals surface area contributed by atoms with Crippen LogP contribution < -0.4 is 0 Å². The van der Waals surface area contributed by atoms with Crippen LogP contribution in [-0.2, 0) is 0 Å². The number of aliphatic hydroxyl groups excluding tert-OH is 1. The second-order valence-corrected chi connectivity index (χ2v) is 6.29. The predicted molar refractivity (Wildman–Crippen MR) is 80.5 cm³/mol. The number of carbonyl (C=O) groups excluding carboxylic acids is 1. The van der Waals surface area contributed by atoms with E-state index in [4.69, 9.17) is 23.2 Å². The van der Waals surface area contributed by atoms with Crippen LogP contribution in [-0.4, -0.2) is 35.6 Å². The summed E-state index contributed by atoms with van der Waals surface area (Å²) in [7, 11) is 1.64. The van der Waals surface area contributed by atoms with Crippen LogP contribution in [0.25, 0.3) is 10.1 Å². The van der Waals surface area contributed by atoms with E-state index < -0.39 is 6.10 Å². The molecule has 0 aliphatic carbocycles. The van der Waals surface area contributed by atoms with Gasteiger partial charge >= 0.3 is 0 Å². The topological polar surface area (TPSA) is 40.5 Å². The van der Waals surface area contributed by atoms with E-state index in [0.717, 1.165) is 10.1 Å². The van der Waals surface area contributed by atoms with E-state index in [9.17, 15) is 9.90 Å². The first-order valence-electron chi connectivity index (χ1n) is 5.71. The molecule has 1 unspecified atom stereocenters. The second-order valence-electron chi connectivity index (χ2n) is 4.42. The third kappa shape index (κ3) is 3.03. The highest BCUT2D eigenvalue weighted by Gasteiger charge is 2.21. The molecule has 1 aromatic heterocycles. The average Bonchev–Trinajstić information content (AvgIpc) is 2.64. The molecule has 0 radical (unpaired) electrons. The molecule has 0 bridgehead atoms. The molecule has 1 atom stereocenters. The summed E-state index contributed by atoms with van der Waals surface area (Å²) in [6, 6.07) is 5.34. The van der Waals surface area contributed by atoms with Crippen LogP contribution in [0.5, 0.6) is 0 Å². The van der Waals surface area contributed by atoms with Crippen LogP contribution in [0.4, 0.5) is 0 Å². The van der Waals surface area contributed by atoms with Crippen LogP contribution in [0.3, 0.4) is 0 Å². The Morgan fingerprint density at radius 3 is 2.79 bits per heavy atom. The number of nitrogens with zero attached hydrogens (tertiary/aromatic N) is 1. The Labute approximate surface area is 125 Å². The summed E-state index contributed by atoms with van der Waals surface area (Å²) in [6.45, 7) is 1.90. The largest absolute Gasteiger partial charge is 0.392 e. The molecule has 0 aliphatic rings. The van der Waals surface area contributed by atoms with Crippen molar-refractivity contribution in [2.24, 2.45) is 0 Å². The zero-order valence-corrected chi connectivity index (χ0v) is 12.8. The summed E-state index contributed by atoms with van der Waals surface area (Å²) in [5, 5.41) is 11.2. The quantitative estimate of drug-likeness (QED) is 0.938. The summed E-state index contributed by atoms with van der Waals surface area (Å²) < 4.78 is 0.881. The fourth-order valence-electron chi connectivity index (χ4n) is 1.83. The molecule has 2 aromatic rings. The lowest BCUT2D eigenvalue weighted by Crippen LogP contribution is -2.32. The van der Waals surface area contributed by atoms with Crippen molar-refractivity contribution >= 4 is 50.5 Å². The Bertz CT molecular complexity index is 624. The average molecular weight is 318 g/mol. The predicted octanol–water partition coefficient (Wildman–Crippen LogP) is 3.66. The van der Waals surface area contributed by atoms with Crippen molar-refractivity contribution in [3.63, 3.8) is 0 Å². The fourth-order valence-corrected chi connectivity index (χ4v) is 3.61. The van der Waals surface area contributed by atoms with Crippen molar-refractivity contribution < 1.29 is 9.90 Å². The lowest BCUT2D eigenvalue weighted by Gasteiger charge is -2.17. The van der Waals surface area contributed by atoms with E-state index in [0.29, 0.717) is 14.9 Å². The van der Waals surface area contributed by atoms with Gasteiger partial charge in [0.15, 0.2) is 0 Å². The third-order valence-corrected chi connectivity index (χ3v) is 4.55. The van der Waals surface area contributed by atoms with Crippen LogP contribution >= 0.6 is 34.5 Å².